The molecule has 0 spiro atoms. The lowest BCUT2D eigenvalue weighted by atomic mass is 10.2. The number of benzene rings is 2. The van der Waals surface area contributed by atoms with Crippen molar-refractivity contribution in [3.63, 3.8) is 0 Å². The molecule has 1 atom stereocenters. The van der Waals surface area contributed by atoms with Gasteiger partial charge in [0.25, 0.3) is 0 Å². The van der Waals surface area contributed by atoms with Crippen molar-refractivity contribution < 1.29 is 24.2 Å². The molecule has 150 valence electrons. The molecule has 8 heteroatoms. The van der Waals surface area contributed by atoms with E-state index < -0.39 is 12.0 Å². The third-order valence-corrected chi connectivity index (χ3v) is 3.66. The Morgan fingerprint density at radius 2 is 1.86 bits per heavy atom. The molecule has 2 amide bonds. The van der Waals surface area contributed by atoms with Gasteiger partial charge in [-0.05, 0) is 36.4 Å². The molecule has 0 saturated carbocycles. The Balaban J connectivity index is 1.61. The molecule has 0 heterocycles. The summed E-state index contributed by atoms with van der Waals surface area (Å²) in [6, 6.07) is 13.5. The zero-order valence-electron chi connectivity index (χ0n) is 15.7. The third kappa shape index (κ3) is 7.65. The van der Waals surface area contributed by atoms with Crippen LogP contribution in [0, 0.1) is 0 Å². The number of aliphatic hydroxyl groups is 1. The van der Waals surface area contributed by atoms with Gasteiger partial charge >= 0.3 is 0 Å². The van der Waals surface area contributed by atoms with Crippen LogP contribution in [0.4, 0.5) is 5.69 Å². The third-order valence-electron chi connectivity index (χ3n) is 3.66. The van der Waals surface area contributed by atoms with Crippen molar-refractivity contribution in [2.45, 2.75) is 13.0 Å². The summed E-state index contributed by atoms with van der Waals surface area (Å²) >= 11 is 0. The van der Waals surface area contributed by atoms with Crippen LogP contribution in [0.25, 0.3) is 0 Å². The molecule has 0 aliphatic carbocycles. The van der Waals surface area contributed by atoms with Gasteiger partial charge < -0.3 is 30.9 Å². The fourth-order valence-corrected chi connectivity index (χ4v) is 2.34. The van der Waals surface area contributed by atoms with Crippen LogP contribution in [0.3, 0.4) is 0 Å². The molecular weight excluding hydrogens is 362 g/mol. The summed E-state index contributed by atoms with van der Waals surface area (Å²) in [5.41, 5.74) is 6.24. The first kappa shape index (κ1) is 21.2. The minimum absolute atomic E-state index is 0.117. The number of ether oxygens (including phenoxy) is 2. The number of amides is 2. The molecule has 5 N–H and O–H groups in total. The van der Waals surface area contributed by atoms with E-state index in [2.05, 4.69) is 10.6 Å². The van der Waals surface area contributed by atoms with Crippen molar-refractivity contribution in [1.82, 2.24) is 5.32 Å². The number of primary amides is 1. The van der Waals surface area contributed by atoms with Crippen LogP contribution in [-0.2, 0) is 4.79 Å². The van der Waals surface area contributed by atoms with Crippen LogP contribution >= 0.6 is 0 Å². The maximum absolute atomic E-state index is 11.1. The molecule has 0 aromatic heterocycles. The van der Waals surface area contributed by atoms with Crippen molar-refractivity contribution in [2.24, 2.45) is 5.73 Å². The Morgan fingerprint density at radius 1 is 1.11 bits per heavy atom. The van der Waals surface area contributed by atoms with Gasteiger partial charge in [0.1, 0.15) is 30.8 Å². The largest absolute Gasteiger partial charge is 0.492 e. The van der Waals surface area contributed by atoms with Gasteiger partial charge in [-0.2, -0.15) is 0 Å². The molecule has 0 saturated heterocycles. The van der Waals surface area contributed by atoms with Gasteiger partial charge in [0.05, 0.1) is 0 Å². The average Bonchev–Trinajstić information content (AvgIpc) is 2.66. The van der Waals surface area contributed by atoms with E-state index in [1.807, 2.05) is 0 Å². The van der Waals surface area contributed by atoms with Gasteiger partial charge in [-0.3, -0.25) is 9.59 Å². The molecule has 0 aliphatic heterocycles. The number of carbonyl (C=O) groups is 2. The highest BCUT2D eigenvalue weighted by molar-refractivity contribution is 5.92. The van der Waals surface area contributed by atoms with Crippen molar-refractivity contribution in [1.29, 1.82) is 0 Å². The normalized spacial score (nSPS) is 11.5. The smallest absolute Gasteiger partial charge is 0.248 e. The highest BCUT2D eigenvalue weighted by Gasteiger charge is 2.06. The van der Waals surface area contributed by atoms with Crippen LogP contribution in [0.2, 0.25) is 0 Å². The minimum atomic E-state index is -0.695. The number of nitrogens with one attached hydrogen (secondary N) is 2. The lowest BCUT2D eigenvalue weighted by Gasteiger charge is -2.14. The topological polar surface area (TPSA) is 123 Å². The maximum Gasteiger partial charge on any atom is 0.248 e. The summed E-state index contributed by atoms with van der Waals surface area (Å²) in [6.07, 6.45) is -0.695. The molecule has 0 radical (unpaired) electrons. The van der Waals surface area contributed by atoms with Crippen molar-refractivity contribution in [3.8, 4) is 11.5 Å². The average molecular weight is 387 g/mol. The zero-order chi connectivity index (χ0) is 20.4. The van der Waals surface area contributed by atoms with Crippen molar-refractivity contribution in [3.05, 3.63) is 54.1 Å². The van der Waals surface area contributed by atoms with E-state index in [4.69, 9.17) is 15.2 Å². The molecule has 2 aromatic carbocycles. The Bertz CT molecular complexity index is 780. The first-order chi connectivity index (χ1) is 13.4. The van der Waals surface area contributed by atoms with Crippen LogP contribution in [0.15, 0.2) is 48.5 Å². The second-order valence-corrected chi connectivity index (χ2v) is 6.12. The Labute approximate surface area is 163 Å². The summed E-state index contributed by atoms with van der Waals surface area (Å²) in [7, 11) is 0. The zero-order valence-corrected chi connectivity index (χ0v) is 15.7. The van der Waals surface area contributed by atoms with Crippen molar-refractivity contribution in [2.75, 3.05) is 31.6 Å². The van der Waals surface area contributed by atoms with E-state index in [0.717, 1.165) is 0 Å². The van der Waals surface area contributed by atoms with Gasteiger partial charge in [0, 0.05) is 37.3 Å². The highest BCUT2D eigenvalue weighted by Crippen LogP contribution is 2.17. The molecular formula is C20H25N3O5. The highest BCUT2D eigenvalue weighted by atomic mass is 16.5. The molecule has 0 aliphatic rings. The fraction of sp³-hybridized carbons (Fsp3) is 0.300. The molecule has 1 unspecified atom stereocenters. The van der Waals surface area contributed by atoms with Gasteiger partial charge in [-0.1, -0.05) is 6.07 Å². The fourth-order valence-electron chi connectivity index (χ4n) is 2.34. The lowest BCUT2D eigenvalue weighted by molar-refractivity contribution is -0.114. The molecule has 8 nitrogen and oxygen atoms in total. The number of anilines is 1. The molecule has 2 aromatic rings. The SMILES string of the molecule is CC(=O)Nc1cccc(OCC(O)CNCCOc2ccc(C(N)=O)cc2)c1. The number of rotatable bonds is 11. The maximum atomic E-state index is 11.1. The Kier molecular flexibility index (Phi) is 8.26. The summed E-state index contributed by atoms with van der Waals surface area (Å²) in [4.78, 5) is 22.1. The summed E-state index contributed by atoms with van der Waals surface area (Å²) in [5, 5.41) is 15.7. The quantitative estimate of drug-likeness (QED) is 0.429. The van der Waals surface area contributed by atoms with Crippen LogP contribution in [-0.4, -0.2) is 49.3 Å². The van der Waals surface area contributed by atoms with Gasteiger partial charge in [-0.25, -0.2) is 0 Å². The number of carbonyl (C=O) groups excluding carboxylic acids is 2. The van der Waals surface area contributed by atoms with Gasteiger partial charge in [0.15, 0.2) is 0 Å². The van der Waals surface area contributed by atoms with Crippen LogP contribution in [0.5, 0.6) is 11.5 Å². The van der Waals surface area contributed by atoms with E-state index in [1.165, 1.54) is 6.92 Å². The molecule has 2 rings (SSSR count). The van der Waals surface area contributed by atoms with Gasteiger partial charge in [0.2, 0.25) is 11.8 Å². The summed E-state index contributed by atoms with van der Waals surface area (Å²) < 4.78 is 11.1. The van der Waals surface area contributed by atoms with Crippen molar-refractivity contribution >= 4 is 17.5 Å². The van der Waals surface area contributed by atoms with E-state index in [0.29, 0.717) is 42.4 Å². The van der Waals surface area contributed by atoms with Crippen LogP contribution < -0.4 is 25.8 Å². The van der Waals surface area contributed by atoms with Gasteiger partial charge in [-0.15, -0.1) is 0 Å². The minimum Gasteiger partial charge on any atom is -0.492 e. The predicted molar refractivity (Wildman–Crippen MR) is 106 cm³/mol. The number of hydrogen-bond acceptors (Lipinski definition) is 6. The Morgan fingerprint density at radius 3 is 2.54 bits per heavy atom. The molecule has 0 bridgehead atoms. The lowest BCUT2D eigenvalue weighted by Crippen LogP contribution is -2.33. The monoisotopic (exact) mass is 387 g/mol. The standard InChI is InChI=1S/C20H25N3O5/c1-14(24)23-16-3-2-4-19(11-16)28-13-17(25)12-22-9-10-27-18-7-5-15(6-8-18)20(21)26/h2-8,11,17,22,25H,9-10,12-13H2,1H3,(H2,21,26)(H,23,24). The predicted octanol–water partition coefficient (Wildman–Crippen LogP) is 1.15. The number of aliphatic hydroxyl groups excluding tert-OH is 1. The number of nitrogens with two attached hydrogens (primary N) is 1. The van der Waals surface area contributed by atoms with Crippen LogP contribution in [0.1, 0.15) is 17.3 Å². The molecule has 28 heavy (non-hydrogen) atoms. The second kappa shape index (κ2) is 10.9. The first-order valence-electron chi connectivity index (χ1n) is 8.86. The number of hydrogen-bond donors (Lipinski definition) is 4. The molecule has 0 fully saturated rings. The van der Waals surface area contributed by atoms with E-state index >= 15 is 0 Å². The van der Waals surface area contributed by atoms with E-state index in [9.17, 15) is 14.7 Å². The summed E-state index contributed by atoms with van der Waals surface area (Å²) in [5.74, 6) is 0.557. The Hall–Kier alpha value is -3.10. The second-order valence-electron chi connectivity index (χ2n) is 6.12. The van der Waals surface area contributed by atoms with E-state index in [-0.39, 0.29) is 12.5 Å². The van der Waals surface area contributed by atoms with E-state index in [1.54, 1.807) is 48.5 Å². The summed E-state index contributed by atoms with van der Waals surface area (Å²) in [6.45, 7) is 2.83. The first-order valence-corrected chi connectivity index (χ1v) is 8.86.